The van der Waals surface area contributed by atoms with Crippen molar-refractivity contribution in [2.75, 3.05) is 67.7 Å². The quantitative estimate of drug-likeness (QED) is 0.148. The molecule has 5 aromatic heterocycles. The van der Waals surface area contributed by atoms with Gasteiger partial charge >= 0.3 is 0 Å². The highest BCUT2D eigenvalue weighted by molar-refractivity contribution is 6.36. The number of hydrogen-bond acceptors (Lipinski definition) is 10. The van der Waals surface area contributed by atoms with Crippen LogP contribution in [0.15, 0.2) is 134 Å². The zero-order valence-corrected chi connectivity index (χ0v) is 39.0. The van der Waals surface area contributed by atoms with E-state index in [1.807, 2.05) is 104 Å². The number of rotatable bonds is 8. The van der Waals surface area contributed by atoms with Crippen molar-refractivity contribution in [1.29, 1.82) is 0 Å². The molecule has 0 radical (unpaired) electrons. The van der Waals surface area contributed by atoms with E-state index in [0.29, 0.717) is 84.8 Å². The van der Waals surface area contributed by atoms with Gasteiger partial charge in [0.2, 0.25) is 0 Å². The minimum absolute atomic E-state index is 0.119. The van der Waals surface area contributed by atoms with Crippen LogP contribution in [0.1, 0.15) is 11.1 Å². The molecule has 2 fully saturated rings. The number of nitrogens with one attached hydrogen (secondary N) is 1. The van der Waals surface area contributed by atoms with Crippen molar-refractivity contribution in [3.63, 3.8) is 0 Å². The number of ether oxygens (including phenoxy) is 2. The molecule has 7 heterocycles. The molecular weight excluding hydrogens is 916 g/mol. The van der Waals surface area contributed by atoms with Gasteiger partial charge in [-0.1, -0.05) is 72.3 Å². The second-order valence-corrected chi connectivity index (χ2v) is 17.3. The largest absolute Gasteiger partial charge is 0.378 e. The zero-order valence-electron chi connectivity index (χ0n) is 38.2. The first-order valence-corrected chi connectivity index (χ1v) is 23.2. The van der Waals surface area contributed by atoms with E-state index < -0.39 is 23.3 Å². The van der Waals surface area contributed by atoms with Crippen molar-refractivity contribution in [3.8, 4) is 45.0 Å². The molecule has 1 N–H and O–H groups in total. The van der Waals surface area contributed by atoms with E-state index in [1.165, 1.54) is 12.1 Å². The number of hydrogen-bond donors (Lipinski definition) is 1. The maximum absolute atomic E-state index is 15.6. The van der Waals surface area contributed by atoms with Gasteiger partial charge in [0.15, 0.2) is 5.82 Å². The molecule has 4 aromatic carbocycles. The Balaban J connectivity index is 0.000000185. The molecule has 0 aliphatic carbocycles. The molecule has 15 heteroatoms. The third kappa shape index (κ3) is 9.58. The topological polar surface area (TPSA) is 101 Å². The number of fused-ring (bicyclic) bond motifs is 2. The lowest BCUT2D eigenvalue weighted by molar-refractivity contribution is 0.122. The Hall–Kier alpha value is -7.52. The zero-order chi connectivity index (χ0) is 48.3. The number of pyridine rings is 5. The highest BCUT2D eigenvalue weighted by Gasteiger charge is 2.24. The molecule has 10 nitrogen and oxygen atoms in total. The monoisotopic (exact) mass is 960 g/mol. The molecule has 2 aliphatic heterocycles. The lowest BCUT2D eigenvalue weighted by Crippen LogP contribution is -2.38. The maximum Gasteiger partial charge on any atom is 0.152 e. The molecule has 11 rings (SSSR count). The molecule has 2 aliphatic rings. The third-order valence-corrected chi connectivity index (χ3v) is 12.9. The van der Waals surface area contributed by atoms with Crippen molar-refractivity contribution < 1.29 is 27.0 Å². The summed E-state index contributed by atoms with van der Waals surface area (Å²) in [6.07, 6.45) is 5.29. The van der Waals surface area contributed by atoms with Crippen LogP contribution >= 0.6 is 11.6 Å². The molecule has 9 aromatic rings. The van der Waals surface area contributed by atoms with Gasteiger partial charge < -0.3 is 24.6 Å². The van der Waals surface area contributed by atoms with E-state index in [9.17, 15) is 13.2 Å². The average molecular weight is 961 g/mol. The van der Waals surface area contributed by atoms with Crippen molar-refractivity contribution in [1.82, 2.24) is 24.9 Å². The molecule has 0 amide bonds. The lowest BCUT2D eigenvalue weighted by Gasteiger charge is -2.32. The normalized spacial score (nSPS) is 13.9. The molecule has 0 spiro atoms. The van der Waals surface area contributed by atoms with Crippen molar-refractivity contribution >= 4 is 56.3 Å². The van der Waals surface area contributed by atoms with Gasteiger partial charge in [-0.2, -0.15) is 0 Å². The third-order valence-electron chi connectivity index (χ3n) is 12.4. The highest BCUT2D eigenvalue weighted by Crippen LogP contribution is 2.41. The van der Waals surface area contributed by atoms with Gasteiger partial charge in [-0.05, 0) is 72.0 Å². The number of nitrogens with zero attached hydrogens (tertiary/aromatic N) is 7. The van der Waals surface area contributed by atoms with Crippen LogP contribution in [0.3, 0.4) is 0 Å². The lowest BCUT2D eigenvalue weighted by atomic mass is 10.0. The first-order chi connectivity index (χ1) is 34.1. The minimum atomic E-state index is -0.724. The van der Waals surface area contributed by atoms with E-state index in [-0.39, 0.29) is 26.8 Å². The van der Waals surface area contributed by atoms with Crippen LogP contribution in [0.5, 0.6) is 0 Å². The van der Waals surface area contributed by atoms with Crippen molar-refractivity contribution in [3.05, 3.63) is 173 Å². The highest BCUT2D eigenvalue weighted by atomic mass is 35.5. The predicted molar refractivity (Wildman–Crippen MR) is 269 cm³/mol. The fourth-order valence-electron chi connectivity index (χ4n) is 8.86. The standard InChI is InChI=1S/C34H32F2N6O2.C21H13ClF2N2/c1-22-32(29-17-24(7-8-37-29)23-5-3-2-4-6-23)39-28-19-25(35)18-27(36)31(28)33(22)40-30-20-26(41-9-13-43-14-10-41)21-38-34(30)42-11-15-44-16-12-42;1-12-20(22)19-16(24)10-15(23)11-17(19)26-21(12)18-9-14(7-8-25-18)13-5-3-2-4-6-13/h2-8,17-21H,9-16H2,1H3,(H,39,40);2-11H,1H3. The summed E-state index contributed by atoms with van der Waals surface area (Å²) in [5.41, 5.74) is 10.0. The SMILES string of the molecule is Cc1c(-c2cc(-c3ccccc3)ccn2)nc2cc(F)cc(F)c2c1Cl.Cc1c(-c2cc(-c3ccccc3)ccn2)nc2cc(F)cc(F)c2c1Nc1cc(N2CCOCC2)cnc1N1CCOCC1. The van der Waals surface area contributed by atoms with E-state index in [4.69, 9.17) is 31.0 Å². The van der Waals surface area contributed by atoms with Crippen LogP contribution in [-0.2, 0) is 9.47 Å². The summed E-state index contributed by atoms with van der Waals surface area (Å²) in [5, 5.41) is 4.09. The summed E-state index contributed by atoms with van der Waals surface area (Å²) < 4.78 is 69.1. The van der Waals surface area contributed by atoms with Gasteiger partial charge in [-0.15, -0.1) is 0 Å². The summed E-state index contributed by atoms with van der Waals surface area (Å²) >= 11 is 6.37. The number of benzene rings is 4. The van der Waals surface area contributed by atoms with Crippen molar-refractivity contribution in [2.24, 2.45) is 0 Å². The Morgan fingerprint density at radius 2 is 1.04 bits per heavy atom. The summed E-state index contributed by atoms with van der Waals surface area (Å²) in [4.78, 5) is 27.5. The van der Waals surface area contributed by atoms with E-state index in [2.05, 4.69) is 30.1 Å². The molecule has 0 atom stereocenters. The predicted octanol–water partition coefficient (Wildman–Crippen LogP) is 12.6. The van der Waals surface area contributed by atoms with Crippen LogP contribution in [0.25, 0.3) is 66.8 Å². The second-order valence-electron chi connectivity index (χ2n) is 16.9. The first kappa shape index (κ1) is 46.2. The minimum Gasteiger partial charge on any atom is -0.378 e. The van der Waals surface area contributed by atoms with Gasteiger partial charge in [0.1, 0.15) is 23.3 Å². The Bertz CT molecular complexity index is 3380. The Labute approximate surface area is 406 Å². The van der Waals surface area contributed by atoms with Gasteiger partial charge in [0.25, 0.3) is 0 Å². The molecule has 352 valence electrons. The van der Waals surface area contributed by atoms with Gasteiger partial charge in [0, 0.05) is 68.4 Å². The van der Waals surface area contributed by atoms with Crippen LogP contribution in [-0.4, -0.2) is 77.5 Å². The molecule has 70 heavy (non-hydrogen) atoms. The van der Waals surface area contributed by atoms with E-state index >= 15 is 4.39 Å². The molecule has 0 unspecified atom stereocenters. The molecular formula is C55H45ClF4N8O2. The van der Waals surface area contributed by atoms with Gasteiger partial charge in [-0.25, -0.2) is 32.5 Å². The summed E-state index contributed by atoms with van der Waals surface area (Å²) in [5.74, 6) is -2.07. The summed E-state index contributed by atoms with van der Waals surface area (Å²) in [6, 6.07) is 33.7. The molecule has 2 saturated heterocycles. The Morgan fingerprint density at radius 3 is 1.60 bits per heavy atom. The first-order valence-electron chi connectivity index (χ1n) is 22.8. The van der Waals surface area contributed by atoms with E-state index in [1.54, 1.807) is 19.3 Å². The number of aromatic nitrogens is 5. The average Bonchev–Trinajstić information content (AvgIpc) is 3.39. The summed E-state index contributed by atoms with van der Waals surface area (Å²) in [6.45, 7) is 8.94. The Morgan fingerprint density at radius 1 is 0.543 bits per heavy atom. The second kappa shape index (κ2) is 20.2. The fraction of sp³-hybridized carbons (Fsp3) is 0.182. The van der Waals surface area contributed by atoms with Gasteiger partial charge in [0.05, 0.1) is 99.3 Å². The smallest absolute Gasteiger partial charge is 0.152 e. The van der Waals surface area contributed by atoms with Crippen LogP contribution in [0, 0.1) is 37.1 Å². The fourth-order valence-corrected chi connectivity index (χ4v) is 9.13. The number of halogens is 5. The maximum atomic E-state index is 15.6. The molecule has 0 saturated carbocycles. The summed E-state index contributed by atoms with van der Waals surface area (Å²) in [7, 11) is 0. The Kier molecular flexibility index (Phi) is 13.3. The molecule has 0 bridgehead atoms. The number of morpholine rings is 2. The van der Waals surface area contributed by atoms with E-state index in [0.717, 1.165) is 59.0 Å². The van der Waals surface area contributed by atoms with Crippen molar-refractivity contribution in [2.45, 2.75) is 13.8 Å². The van der Waals surface area contributed by atoms with Crippen LogP contribution in [0.4, 0.5) is 40.4 Å². The van der Waals surface area contributed by atoms with Gasteiger partial charge in [-0.3, -0.25) is 9.97 Å². The van der Waals surface area contributed by atoms with Crippen LogP contribution in [0.2, 0.25) is 5.02 Å². The van der Waals surface area contributed by atoms with Crippen LogP contribution < -0.4 is 15.1 Å². The number of anilines is 4.